The molecule has 16 heavy (non-hydrogen) atoms. The van der Waals surface area contributed by atoms with Gasteiger partial charge in [0.25, 0.3) is 0 Å². The second kappa shape index (κ2) is 6.40. The molecule has 90 valence electrons. The number of hydrogen-bond donors (Lipinski definition) is 2. The fourth-order valence-corrected chi connectivity index (χ4v) is 1.36. The van der Waals surface area contributed by atoms with Gasteiger partial charge in [0.05, 0.1) is 0 Å². The molecule has 0 aliphatic carbocycles. The molecule has 0 aromatic heterocycles. The zero-order valence-corrected chi connectivity index (χ0v) is 9.12. The third-order valence-corrected chi connectivity index (χ3v) is 2.20. The smallest absolute Gasteiger partial charge is 0.387 e. The van der Waals surface area contributed by atoms with E-state index in [4.69, 9.17) is 5.73 Å². The maximum Gasteiger partial charge on any atom is 0.387 e. The zero-order chi connectivity index (χ0) is 12.0. The highest BCUT2D eigenvalue weighted by molar-refractivity contribution is 5.28. The van der Waals surface area contributed by atoms with Crippen LogP contribution in [0, 0.1) is 0 Å². The summed E-state index contributed by atoms with van der Waals surface area (Å²) in [6.45, 7) is 0.491. The van der Waals surface area contributed by atoms with Crippen LogP contribution in [0.5, 0.6) is 5.75 Å². The van der Waals surface area contributed by atoms with Crippen LogP contribution in [0.1, 0.15) is 18.5 Å². The Hall–Kier alpha value is -1.20. The summed E-state index contributed by atoms with van der Waals surface area (Å²) in [6, 6.07) is 6.71. The van der Waals surface area contributed by atoms with Crippen molar-refractivity contribution in [1.29, 1.82) is 0 Å². The van der Waals surface area contributed by atoms with Crippen LogP contribution in [0.2, 0.25) is 0 Å². The summed E-state index contributed by atoms with van der Waals surface area (Å²) in [5.74, 6) is 0.171. The Morgan fingerprint density at radius 2 is 1.94 bits per heavy atom. The predicted octanol–water partition coefficient (Wildman–Crippen LogP) is 1.90. The number of benzene rings is 1. The molecular weight excluding hydrogens is 214 g/mol. The summed E-state index contributed by atoms with van der Waals surface area (Å²) in [4.78, 5) is 0. The first kappa shape index (κ1) is 12.9. The van der Waals surface area contributed by atoms with Crippen molar-refractivity contribution in [2.75, 3.05) is 13.1 Å². The van der Waals surface area contributed by atoms with Gasteiger partial charge in [-0.3, -0.25) is 0 Å². The van der Waals surface area contributed by atoms with Crippen LogP contribution in [0.4, 0.5) is 8.78 Å². The van der Waals surface area contributed by atoms with Crippen molar-refractivity contribution in [3.05, 3.63) is 29.8 Å². The van der Waals surface area contributed by atoms with Gasteiger partial charge in [0.15, 0.2) is 0 Å². The molecule has 0 amide bonds. The Balaban J connectivity index is 2.56. The van der Waals surface area contributed by atoms with E-state index in [0.717, 1.165) is 12.1 Å². The summed E-state index contributed by atoms with van der Waals surface area (Å²) in [7, 11) is 0. The van der Waals surface area contributed by atoms with Crippen LogP contribution in [-0.2, 0) is 0 Å². The number of ether oxygens (including phenoxy) is 1. The number of hydrogen-bond acceptors (Lipinski definition) is 3. The van der Waals surface area contributed by atoms with Crippen molar-refractivity contribution in [3.8, 4) is 5.75 Å². The molecule has 3 N–H and O–H groups in total. The molecule has 0 spiro atoms. The number of rotatable bonds is 6. The highest BCUT2D eigenvalue weighted by Crippen LogP contribution is 2.18. The van der Waals surface area contributed by atoms with Gasteiger partial charge in [0, 0.05) is 19.1 Å². The van der Waals surface area contributed by atoms with Crippen LogP contribution in [0.25, 0.3) is 0 Å². The second-order valence-corrected chi connectivity index (χ2v) is 3.41. The number of alkyl halides is 2. The number of nitrogens with one attached hydrogen (secondary N) is 1. The summed E-state index contributed by atoms with van der Waals surface area (Å²) < 4.78 is 28.1. The number of halogens is 2. The van der Waals surface area contributed by atoms with Crippen molar-refractivity contribution >= 4 is 0 Å². The first-order chi connectivity index (χ1) is 7.63. The quantitative estimate of drug-likeness (QED) is 0.784. The standard InChI is InChI=1S/C11H16F2N2O/c1-8(15-7-6-14)9-2-4-10(5-3-9)16-11(12)13/h2-5,8,11,15H,6-7,14H2,1H3. The molecule has 0 bridgehead atoms. The van der Waals surface area contributed by atoms with Crippen molar-refractivity contribution in [2.45, 2.75) is 19.6 Å². The van der Waals surface area contributed by atoms with Crippen molar-refractivity contribution in [1.82, 2.24) is 5.32 Å². The molecule has 0 fully saturated rings. The van der Waals surface area contributed by atoms with Gasteiger partial charge in [-0.25, -0.2) is 0 Å². The van der Waals surface area contributed by atoms with E-state index in [0.29, 0.717) is 6.54 Å². The molecular formula is C11H16F2N2O. The van der Waals surface area contributed by atoms with Crippen LogP contribution < -0.4 is 15.8 Å². The fourth-order valence-electron chi connectivity index (χ4n) is 1.36. The first-order valence-electron chi connectivity index (χ1n) is 5.11. The molecule has 1 aromatic carbocycles. The molecule has 0 saturated heterocycles. The largest absolute Gasteiger partial charge is 0.435 e. The molecule has 1 rings (SSSR count). The summed E-state index contributed by atoms with van der Waals surface area (Å²) in [5.41, 5.74) is 6.38. The van der Waals surface area contributed by atoms with Crippen LogP contribution in [-0.4, -0.2) is 19.7 Å². The van der Waals surface area contributed by atoms with Crippen molar-refractivity contribution in [2.24, 2.45) is 5.73 Å². The van der Waals surface area contributed by atoms with Gasteiger partial charge in [-0.2, -0.15) is 8.78 Å². The molecule has 1 unspecified atom stereocenters. The third-order valence-electron chi connectivity index (χ3n) is 2.20. The van der Waals surface area contributed by atoms with Gasteiger partial charge < -0.3 is 15.8 Å². The minimum atomic E-state index is -2.78. The van der Waals surface area contributed by atoms with Gasteiger partial charge in [0.1, 0.15) is 5.75 Å². The second-order valence-electron chi connectivity index (χ2n) is 3.41. The lowest BCUT2D eigenvalue weighted by Crippen LogP contribution is -2.25. The average molecular weight is 230 g/mol. The van der Waals surface area contributed by atoms with E-state index in [1.807, 2.05) is 6.92 Å². The Morgan fingerprint density at radius 1 is 1.31 bits per heavy atom. The third kappa shape index (κ3) is 4.12. The monoisotopic (exact) mass is 230 g/mol. The molecule has 3 nitrogen and oxygen atoms in total. The van der Waals surface area contributed by atoms with E-state index < -0.39 is 6.61 Å². The van der Waals surface area contributed by atoms with Crippen molar-refractivity contribution in [3.63, 3.8) is 0 Å². The molecule has 1 aromatic rings. The van der Waals surface area contributed by atoms with E-state index in [1.165, 1.54) is 12.1 Å². The van der Waals surface area contributed by atoms with Crippen LogP contribution >= 0.6 is 0 Å². The molecule has 0 aliphatic heterocycles. The Bertz CT molecular complexity index is 303. The predicted molar refractivity (Wildman–Crippen MR) is 58.5 cm³/mol. The topological polar surface area (TPSA) is 47.3 Å². The fraction of sp³-hybridized carbons (Fsp3) is 0.455. The van der Waals surface area contributed by atoms with Gasteiger partial charge >= 0.3 is 6.61 Å². The lowest BCUT2D eigenvalue weighted by Gasteiger charge is -2.14. The normalized spacial score (nSPS) is 12.8. The van der Waals surface area contributed by atoms with E-state index in [-0.39, 0.29) is 11.8 Å². The summed E-state index contributed by atoms with van der Waals surface area (Å²) in [6.07, 6.45) is 0. The molecule has 0 heterocycles. The highest BCUT2D eigenvalue weighted by Gasteiger charge is 2.06. The van der Waals surface area contributed by atoms with E-state index in [9.17, 15) is 8.78 Å². The maximum absolute atomic E-state index is 11.9. The van der Waals surface area contributed by atoms with Crippen LogP contribution in [0.3, 0.4) is 0 Å². The zero-order valence-electron chi connectivity index (χ0n) is 9.12. The summed E-state index contributed by atoms with van der Waals surface area (Å²) in [5, 5.41) is 3.19. The molecule has 5 heteroatoms. The van der Waals surface area contributed by atoms with Gasteiger partial charge in [0.2, 0.25) is 0 Å². The van der Waals surface area contributed by atoms with Crippen molar-refractivity contribution < 1.29 is 13.5 Å². The Kier molecular flexibility index (Phi) is 5.14. The highest BCUT2D eigenvalue weighted by atomic mass is 19.3. The van der Waals surface area contributed by atoms with E-state index in [1.54, 1.807) is 12.1 Å². The van der Waals surface area contributed by atoms with Gasteiger partial charge in [-0.05, 0) is 24.6 Å². The molecule has 0 aliphatic rings. The lowest BCUT2D eigenvalue weighted by atomic mass is 10.1. The molecule has 0 radical (unpaired) electrons. The Labute approximate surface area is 93.6 Å². The Morgan fingerprint density at radius 3 is 2.44 bits per heavy atom. The molecule has 0 saturated carbocycles. The summed E-state index contributed by atoms with van der Waals surface area (Å²) >= 11 is 0. The first-order valence-corrected chi connectivity index (χ1v) is 5.11. The van der Waals surface area contributed by atoms with Gasteiger partial charge in [-0.1, -0.05) is 12.1 Å². The van der Waals surface area contributed by atoms with Gasteiger partial charge in [-0.15, -0.1) is 0 Å². The maximum atomic E-state index is 11.9. The minimum Gasteiger partial charge on any atom is -0.435 e. The lowest BCUT2D eigenvalue weighted by molar-refractivity contribution is -0.0498. The van der Waals surface area contributed by atoms with E-state index >= 15 is 0 Å². The van der Waals surface area contributed by atoms with E-state index in [2.05, 4.69) is 10.1 Å². The minimum absolute atomic E-state index is 0.143. The van der Waals surface area contributed by atoms with Crippen LogP contribution in [0.15, 0.2) is 24.3 Å². The SMILES string of the molecule is CC(NCCN)c1ccc(OC(F)F)cc1. The molecule has 1 atom stereocenters. The average Bonchev–Trinajstić information content (AvgIpc) is 2.26. The number of nitrogens with two attached hydrogens (primary N) is 1.